The summed E-state index contributed by atoms with van der Waals surface area (Å²) in [6.07, 6.45) is 22.3. The smallest absolute Gasteiger partial charge is 0.134 e. The van der Waals surface area contributed by atoms with Crippen molar-refractivity contribution in [3.63, 3.8) is 0 Å². The van der Waals surface area contributed by atoms with Gasteiger partial charge in [-0.25, -0.2) is 4.39 Å². The van der Waals surface area contributed by atoms with E-state index in [-0.39, 0.29) is 5.82 Å². The molecule has 0 saturated heterocycles. The maximum Gasteiger partial charge on any atom is 0.134 e. The van der Waals surface area contributed by atoms with Crippen molar-refractivity contribution in [3.05, 3.63) is 66.5 Å². The second-order valence-corrected chi connectivity index (χ2v) is 10.7. The fraction of sp³-hybridized carbons (Fsp3) is 0.562. The molecule has 2 aromatic rings. The van der Waals surface area contributed by atoms with Crippen molar-refractivity contribution in [2.45, 2.75) is 89.9 Å². The van der Waals surface area contributed by atoms with Gasteiger partial charge in [-0.15, -0.1) is 0 Å². The highest BCUT2D eigenvalue weighted by molar-refractivity contribution is 5.85. The van der Waals surface area contributed by atoms with Crippen molar-refractivity contribution in [1.29, 1.82) is 0 Å². The number of halogens is 1. The lowest BCUT2D eigenvalue weighted by molar-refractivity contribution is 0.245. The summed E-state index contributed by atoms with van der Waals surface area (Å²) in [5.74, 6) is 3.71. The molecule has 2 fully saturated rings. The Balaban J connectivity index is 1.24. The molecule has 0 amide bonds. The molecule has 0 radical (unpaired) electrons. The molecule has 2 aliphatic rings. The zero-order valence-electron chi connectivity index (χ0n) is 21.1. The van der Waals surface area contributed by atoms with Crippen LogP contribution in [0.15, 0.2) is 55.1 Å². The Kier molecular flexibility index (Phi) is 9.25. The molecule has 34 heavy (non-hydrogen) atoms. The Morgan fingerprint density at radius 2 is 1.65 bits per heavy atom. The topological polar surface area (TPSA) is 9.23 Å². The summed E-state index contributed by atoms with van der Waals surface area (Å²) in [7, 11) is 0. The number of fused-ring (bicyclic) bond motifs is 1. The first kappa shape index (κ1) is 25.0. The third-order valence-corrected chi connectivity index (χ3v) is 8.35. The largest absolute Gasteiger partial charge is 0.490 e. The molecule has 2 aromatic carbocycles. The summed E-state index contributed by atoms with van der Waals surface area (Å²) in [6, 6.07) is 9.75. The monoisotopic (exact) mass is 462 g/mol. The molecule has 0 unspecified atom stereocenters. The summed E-state index contributed by atoms with van der Waals surface area (Å²) in [4.78, 5) is 0. The Morgan fingerprint density at radius 1 is 0.941 bits per heavy atom. The average Bonchev–Trinajstić information content (AvgIpc) is 2.88. The average molecular weight is 463 g/mol. The minimum absolute atomic E-state index is 0.0269. The number of hydrogen-bond acceptors (Lipinski definition) is 1. The molecule has 1 nitrogen and oxygen atoms in total. The summed E-state index contributed by atoms with van der Waals surface area (Å²) in [6.45, 7) is 6.40. The van der Waals surface area contributed by atoms with Crippen LogP contribution in [0.1, 0.15) is 95.5 Å². The van der Waals surface area contributed by atoms with Crippen LogP contribution in [0, 0.1) is 23.6 Å². The van der Waals surface area contributed by atoms with Gasteiger partial charge >= 0.3 is 0 Å². The van der Waals surface area contributed by atoms with Crippen molar-refractivity contribution in [3.8, 4) is 5.75 Å². The van der Waals surface area contributed by atoms with Gasteiger partial charge in [0, 0.05) is 5.39 Å². The van der Waals surface area contributed by atoms with E-state index in [1.54, 1.807) is 6.08 Å². The standard InChI is InChI=1S/C32H43FO/c1-3-5-6-7-24-8-10-25(11-9-24)12-13-26-14-16-27(17-15-26)30-20-18-28-23-29(34-22-4-2)19-21-31(28)32(30)33/h4,6-7,18-21,23-27H,2-3,5,8-17,22H2,1H3/b7-6+. The molecule has 0 aliphatic heterocycles. The fourth-order valence-electron chi connectivity index (χ4n) is 6.21. The van der Waals surface area contributed by atoms with E-state index in [1.807, 2.05) is 24.3 Å². The van der Waals surface area contributed by atoms with Gasteiger partial charge in [0.25, 0.3) is 0 Å². The Hall–Kier alpha value is -2.09. The highest BCUT2D eigenvalue weighted by Gasteiger charge is 2.26. The predicted molar refractivity (Wildman–Crippen MR) is 143 cm³/mol. The number of hydrogen-bond donors (Lipinski definition) is 0. The van der Waals surface area contributed by atoms with Gasteiger partial charge in [0.05, 0.1) is 0 Å². The van der Waals surface area contributed by atoms with Gasteiger partial charge in [-0.05, 0) is 111 Å². The lowest BCUT2D eigenvalue weighted by Gasteiger charge is -2.32. The van der Waals surface area contributed by atoms with E-state index in [0.29, 0.717) is 17.9 Å². The first-order chi connectivity index (χ1) is 16.7. The molecule has 0 bridgehead atoms. The lowest BCUT2D eigenvalue weighted by Crippen LogP contribution is -2.17. The summed E-state index contributed by atoms with van der Waals surface area (Å²) in [5, 5.41) is 1.62. The molecule has 0 spiro atoms. The van der Waals surface area contributed by atoms with Crippen LogP contribution in [0.5, 0.6) is 5.75 Å². The van der Waals surface area contributed by atoms with Crippen molar-refractivity contribution in [1.82, 2.24) is 0 Å². The zero-order chi connectivity index (χ0) is 23.8. The molecule has 184 valence electrons. The van der Waals surface area contributed by atoms with Crippen molar-refractivity contribution in [2.24, 2.45) is 17.8 Å². The molecule has 2 saturated carbocycles. The quantitative estimate of drug-likeness (QED) is 0.319. The summed E-state index contributed by atoms with van der Waals surface area (Å²) < 4.78 is 21.0. The number of benzene rings is 2. The van der Waals surface area contributed by atoms with Crippen LogP contribution in [0.3, 0.4) is 0 Å². The van der Waals surface area contributed by atoms with Gasteiger partial charge < -0.3 is 4.74 Å². The van der Waals surface area contributed by atoms with E-state index in [2.05, 4.69) is 31.7 Å². The fourth-order valence-corrected chi connectivity index (χ4v) is 6.21. The van der Waals surface area contributed by atoms with E-state index in [1.165, 1.54) is 64.2 Å². The van der Waals surface area contributed by atoms with Crippen molar-refractivity contribution < 1.29 is 9.13 Å². The molecular weight excluding hydrogens is 419 g/mol. The van der Waals surface area contributed by atoms with Gasteiger partial charge in [0.1, 0.15) is 18.2 Å². The van der Waals surface area contributed by atoms with Crippen molar-refractivity contribution in [2.75, 3.05) is 6.61 Å². The van der Waals surface area contributed by atoms with Crippen molar-refractivity contribution >= 4 is 10.8 Å². The molecule has 4 rings (SSSR count). The van der Waals surface area contributed by atoms with Crippen LogP contribution < -0.4 is 4.74 Å². The Morgan fingerprint density at radius 3 is 2.32 bits per heavy atom. The van der Waals surface area contributed by atoms with Crippen LogP contribution in [0.25, 0.3) is 10.8 Å². The SMILES string of the molecule is C=CCOc1ccc2c(F)c(C3CCC(CCC4CCC(/C=C/CCC)CC4)CC3)ccc2c1. The Bertz CT molecular complexity index is 945. The van der Waals surface area contributed by atoms with Crippen LogP contribution in [-0.2, 0) is 0 Å². The zero-order valence-corrected chi connectivity index (χ0v) is 21.1. The minimum atomic E-state index is -0.0269. The normalized spacial score (nSPS) is 25.6. The van der Waals surface area contributed by atoms with E-state index >= 15 is 4.39 Å². The van der Waals surface area contributed by atoms with Gasteiger partial charge in [-0.3, -0.25) is 0 Å². The van der Waals surface area contributed by atoms with E-state index < -0.39 is 0 Å². The van der Waals surface area contributed by atoms with Gasteiger partial charge in [0.15, 0.2) is 0 Å². The first-order valence-corrected chi connectivity index (χ1v) is 13.8. The molecule has 0 heterocycles. The number of allylic oxidation sites excluding steroid dienone is 2. The predicted octanol–water partition coefficient (Wildman–Crippen LogP) is 9.76. The molecule has 0 aromatic heterocycles. The first-order valence-electron chi connectivity index (χ1n) is 13.8. The van der Waals surface area contributed by atoms with Crippen LogP contribution >= 0.6 is 0 Å². The molecule has 2 aliphatic carbocycles. The maximum atomic E-state index is 15.4. The molecular formula is C32H43FO. The van der Waals surface area contributed by atoms with Crippen LogP contribution in [-0.4, -0.2) is 6.61 Å². The highest BCUT2D eigenvalue weighted by Crippen LogP contribution is 2.41. The lowest BCUT2D eigenvalue weighted by atomic mass is 9.74. The van der Waals surface area contributed by atoms with Gasteiger partial charge in [-0.1, -0.05) is 63.1 Å². The van der Waals surface area contributed by atoms with E-state index in [0.717, 1.165) is 47.3 Å². The highest BCUT2D eigenvalue weighted by atomic mass is 19.1. The van der Waals surface area contributed by atoms with E-state index in [9.17, 15) is 0 Å². The number of unbranched alkanes of at least 4 members (excludes halogenated alkanes) is 1. The number of rotatable bonds is 10. The van der Waals surface area contributed by atoms with E-state index in [4.69, 9.17) is 4.74 Å². The molecule has 0 N–H and O–H groups in total. The third-order valence-electron chi connectivity index (χ3n) is 8.35. The second kappa shape index (κ2) is 12.6. The molecule has 2 heteroatoms. The Labute approximate surface area is 206 Å². The number of ether oxygens (including phenoxy) is 1. The second-order valence-electron chi connectivity index (χ2n) is 10.7. The van der Waals surface area contributed by atoms with Crippen LogP contribution in [0.2, 0.25) is 0 Å². The maximum absolute atomic E-state index is 15.4. The van der Waals surface area contributed by atoms with Gasteiger partial charge in [0.2, 0.25) is 0 Å². The summed E-state index contributed by atoms with van der Waals surface area (Å²) in [5.41, 5.74) is 0.917. The summed E-state index contributed by atoms with van der Waals surface area (Å²) >= 11 is 0. The van der Waals surface area contributed by atoms with Gasteiger partial charge in [-0.2, -0.15) is 0 Å². The molecule has 0 atom stereocenters. The van der Waals surface area contributed by atoms with Crippen LogP contribution in [0.4, 0.5) is 4.39 Å². The third kappa shape index (κ3) is 6.52. The minimum Gasteiger partial charge on any atom is -0.490 e.